The molecule has 0 aromatic rings. The summed E-state index contributed by atoms with van der Waals surface area (Å²) in [5.41, 5.74) is -0.596. The van der Waals surface area contributed by atoms with Gasteiger partial charge in [-0.25, -0.2) is 0 Å². The molecule has 1 aliphatic heterocycles. The molecule has 3 fully saturated rings. The molecule has 1 N–H and O–H groups in total. The van der Waals surface area contributed by atoms with Crippen molar-refractivity contribution in [3.8, 4) is 6.07 Å². The van der Waals surface area contributed by atoms with E-state index in [-0.39, 0.29) is 11.3 Å². The number of hydrogen-bond donors (Lipinski definition) is 1. The monoisotopic (exact) mass is 374 g/mol. The van der Waals surface area contributed by atoms with Gasteiger partial charge in [-0.15, -0.1) is 0 Å². The lowest BCUT2D eigenvalue weighted by molar-refractivity contribution is -0.125. The van der Waals surface area contributed by atoms with E-state index in [1.807, 2.05) is 6.34 Å². The summed E-state index contributed by atoms with van der Waals surface area (Å²) in [5.74, 6) is 0.562. The average Bonchev–Trinajstić information content (AvgIpc) is 3.18. The molecular weight excluding hydrogens is 340 g/mol. The van der Waals surface area contributed by atoms with Crippen LogP contribution in [0.4, 0.5) is 0 Å². The molecule has 1 unspecified atom stereocenters. The first-order chi connectivity index (χ1) is 12.9. The Labute approximate surface area is 163 Å². The van der Waals surface area contributed by atoms with Crippen molar-refractivity contribution in [3.05, 3.63) is 0 Å². The Kier molecular flexibility index (Phi) is 6.41. The zero-order valence-electron chi connectivity index (χ0n) is 16.9. The van der Waals surface area contributed by atoms with Crippen LogP contribution in [0.1, 0.15) is 65.2 Å². The van der Waals surface area contributed by atoms with E-state index in [1.165, 1.54) is 25.7 Å². The van der Waals surface area contributed by atoms with Gasteiger partial charge in [-0.05, 0) is 49.9 Å². The smallest absolute Gasteiger partial charge is 0.246 e. The predicted molar refractivity (Wildman–Crippen MR) is 105 cm³/mol. The van der Waals surface area contributed by atoms with Gasteiger partial charge in [0, 0.05) is 13.1 Å². The molecule has 3 aliphatic rings. The normalized spacial score (nSPS) is 24.4. The number of morpholine rings is 1. The Morgan fingerprint density at radius 1 is 1.33 bits per heavy atom. The van der Waals surface area contributed by atoms with Crippen LogP contribution in [0, 0.1) is 22.7 Å². The van der Waals surface area contributed by atoms with E-state index in [2.05, 4.69) is 30.1 Å². The minimum Gasteiger partial charge on any atom is -0.378 e. The van der Waals surface area contributed by atoms with Gasteiger partial charge in [0.25, 0.3) is 0 Å². The first kappa shape index (κ1) is 20.1. The Hall–Kier alpha value is -1.61. The number of aliphatic imine (C=N–C) groups is 1. The molecule has 1 heterocycles. The molecule has 27 heavy (non-hydrogen) atoms. The number of rotatable bonds is 7. The molecule has 1 saturated heterocycles. The lowest BCUT2D eigenvalue weighted by Gasteiger charge is -2.38. The van der Waals surface area contributed by atoms with Crippen molar-refractivity contribution in [2.45, 2.75) is 76.8 Å². The second-order valence-corrected chi connectivity index (χ2v) is 9.14. The molecule has 1 amide bonds. The Morgan fingerprint density at radius 2 is 2.00 bits per heavy atom. The van der Waals surface area contributed by atoms with Crippen LogP contribution in [0.3, 0.4) is 0 Å². The van der Waals surface area contributed by atoms with E-state index in [0.717, 1.165) is 38.8 Å². The highest BCUT2D eigenvalue weighted by Gasteiger charge is 2.42. The third kappa shape index (κ3) is 5.01. The van der Waals surface area contributed by atoms with Crippen molar-refractivity contribution in [1.82, 2.24) is 10.2 Å². The molecule has 0 aromatic carbocycles. The van der Waals surface area contributed by atoms with Gasteiger partial charge in [-0.3, -0.25) is 9.79 Å². The number of carbonyl (C=O) groups is 1. The van der Waals surface area contributed by atoms with Gasteiger partial charge in [0.2, 0.25) is 5.91 Å². The summed E-state index contributed by atoms with van der Waals surface area (Å²) < 4.78 is 5.39. The average molecular weight is 375 g/mol. The minimum atomic E-state index is -0.665. The fraction of sp³-hybridized carbons (Fsp3) is 0.857. The number of nitrogens with one attached hydrogen (secondary N) is 1. The zero-order valence-corrected chi connectivity index (χ0v) is 16.9. The summed E-state index contributed by atoms with van der Waals surface area (Å²) in [7, 11) is 0. The third-order valence-corrected chi connectivity index (χ3v) is 6.72. The minimum absolute atomic E-state index is 0.0697. The van der Waals surface area contributed by atoms with Gasteiger partial charge >= 0.3 is 0 Å². The number of hydrogen-bond acceptors (Lipinski definition) is 4. The van der Waals surface area contributed by atoms with Crippen molar-refractivity contribution in [1.29, 1.82) is 5.26 Å². The first-order valence-corrected chi connectivity index (χ1v) is 10.5. The second-order valence-electron chi connectivity index (χ2n) is 9.14. The van der Waals surface area contributed by atoms with E-state index in [1.54, 1.807) is 0 Å². The standard InChI is InChI=1S/C21H34N4O2/c1-20(2,17-6-3-4-7-17)14-18(23-16-25-10-12-27-13-11-25)19(26)24-21(15-22)8-5-9-21/h16-18H,3-14H2,1-2H3,(H,24,26). The fourth-order valence-electron chi connectivity index (χ4n) is 4.57. The number of nitriles is 1. The fourth-order valence-corrected chi connectivity index (χ4v) is 4.57. The summed E-state index contributed by atoms with van der Waals surface area (Å²) in [5, 5.41) is 12.5. The van der Waals surface area contributed by atoms with Gasteiger partial charge in [-0.2, -0.15) is 5.26 Å². The third-order valence-electron chi connectivity index (χ3n) is 6.72. The van der Waals surface area contributed by atoms with Crippen LogP contribution < -0.4 is 5.32 Å². The van der Waals surface area contributed by atoms with Gasteiger partial charge in [0.05, 0.1) is 25.6 Å². The first-order valence-electron chi connectivity index (χ1n) is 10.5. The topological polar surface area (TPSA) is 77.7 Å². The molecule has 3 rings (SSSR count). The Morgan fingerprint density at radius 3 is 2.56 bits per heavy atom. The molecule has 6 heteroatoms. The van der Waals surface area contributed by atoms with Crippen molar-refractivity contribution in [2.24, 2.45) is 16.3 Å². The summed E-state index contributed by atoms with van der Waals surface area (Å²) in [4.78, 5) is 19.9. The van der Waals surface area contributed by atoms with Crippen LogP contribution in [0.2, 0.25) is 0 Å². The van der Waals surface area contributed by atoms with Crippen LogP contribution in [-0.4, -0.2) is 55.0 Å². The van der Waals surface area contributed by atoms with Crippen molar-refractivity contribution in [3.63, 3.8) is 0 Å². The SMILES string of the molecule is CC(C)(CC(N=CN1CCOCC1)C(=O)NC1(C#N)CCC1)C1CCCC1. The van der Waals surface area contributed by atoms with E-state index >= 15 is 0 Å². The van der Waals surface area contributed by atoms with Crippen molar-refractivity contribution >= 4 is 12.2 Å². The van der Waals surface area contributed by atoms with Crippen LogP contribution in [0.15, 0.2) is 4.99 Å². The second kappa shape index (κ2) is 8.60. The van der Waals surface area contributed by atoms with E-state index in [4.69, 9.17) is 9.73 Å². The largest absolute Gasteiger partial charge is 0.378 e. The van der Waals surface area contributed by atoms with Gasteiger partial charge in [-0.1, -0.05) is 26.7 Å². The van der Waals surface area contributed by atoms with Crippen molar-refractivity contribution in [2.75, 3.05) is 26.3 Å². The maximum absolute atomic E-state index is 13.1. The van der Waals surface area contributed by atoms with Crippen LogP contribution in [0.5, 0.6) is 0 Å². The molecule has 150 valence electrons. The summed E-state index contributed by atoms with van der Waals surface area (Å²) >= 11 is 0. The van der Waals surface area contributed by atoms with E-state index < -0.39 is 11.6 Å². The van der Waals surface area contributed by atoms with Gasteiger partial charge in [0.1, 0.15) is 11.6 Å². The van der Waals surface area contributed by atoms with Crippen LogP contribution in [0.25, 0.3) is 0 Å². The molecule has 0 bridgehead atoms. The molecular formula is C21H34N4O2. The van der Waals surface area contributed by atoms with Crippen LogP contribution >= 0.6 is 0 Å². The molecule has 0 radical (unpaired) electrons. The zero-order chi connectivity index (χ0) is 19.3. The van der Waals surface area contributed by atoms with Crippen LogP contribution in [-0.2, 0) is 9.53 Å². The predicted octanol–water partition coefficient (Wildman–Crippen LogP) is 2.88. The summed E-state index contributed by atoms with van der Waals surface area (Å²) in [6.07, 6.45) is 10.1. The number of ether oxygens (including phenoxy) is 1. The quantitative estimate of drug-likeness (QED) is 0.549. The molecule has 2 saturated carbocycles. The summed E-state index contributed by atoms with van der Waals surface area (Å²) in [6, 6.07) is 1.88. The highest BCUT2D eigenvalue weighted by Crippen LogP contribution is 2.43. The van der Waals surface area contributed by atoms with E-state index in [0.29, 0.717) is 19.1 Å². The molecule has 2 aliphatic carbocycles. The lowest BCUT2D eigenvalue weighted by Crippen LogP contribution is -2.55. The molecule has 1 atom stereocenters. The Balaban J connectivity index is 1.69. The summed E-state index contributed by atoms with van der Waals surface area (Å²) in [6.45, 7) is 7.58. The van der Waals surface area contributed by atoms with Crippen molar-refractivity contribution < 1.29 is 9.53 Å². The molecule has 6 nitrogen and oxygen atoms in total. The lowest BCUT2D eigenvalue weighted by atomic mass is 9.73. The van der Waals surface area contributed by atoms with Gasteiger partial charge < -0.3 is 15.0 Å². The maximum atomic E-state index is 13.1. The maximum Gasteiger partial charge on any atom is 0.246 e. The highest BCUT2D eigenvalue weighted by atomic mass is 16.5. The number of nitrogens with zero attached hydrogens (tertiary/aromatic N) is 3. The Bertz CT molecular complexity index is 579. The molecule has 0 spiro atoms. The number of carbonyl (C=O) groups excluding carboxylic acids is 1. The van der Waals surface area contributed by atoms with Gasteiger partial charge in [0.15, 0.2) is 0 Å². The highest BCUT2D eigenvalue weighted by molar-refractivity contribution is 5.84. The van der Waals surface area contributed by atoms with E-state index in [9.17, 15) is 10.1 Å². The number of amides is 1. The molecule has 0 aromatic heterocycles.